The minimum absolute atomic E-state index is 0.0224. The lowest BCUT2D eigenvalue weighted by Crippen LogP contribution is -2.35. The standard InChI is InChI=1S/C26H26N2O3/c1-18(2)31-23-14-11-20(12-15-23)25(29)27-22-13-10-19-9-6-16-28(24(19)17-22)26(30)21-7-4-3-5-8-21/h3-5,7-8,10-15,17-18H,6,9,16H2,1-2H3,(H,27,29). The first-order chi connectivity index (χ1) is 15.0. The van der Waals surface area contributed by atoms with Crippen LogP contribution < -0.4 is 15.0 Å². The second kappa shape index (κ2) is 9.04. The van der Waals surface area contributed by atoms with E-state index >= 15 is 0 Å². The number of hydrogen-bond donors (Lipinski definition) is 1. The lowest BCUT2D eigenvalue weighted by Gasteiger charge is -2.30. The van der Waals surface area contributed by atoms with E-state index in [1.54, 1.807) is 24.3 Å². The number of carbonyl (C=O) groups is 2. The average Bonchev–Trinajstić information content (AvgIpc) is 2.79. The zero-order valence-corrected chi connectivity index (χ0v) is 17.8. The second-order valence-corrected chi connectivity index (χ2v) is 7.91. The number of anilines is 2. The van der Waals surface area contributed by atoms with Crippen LogP contribution in [0.2, 0.25) is 0 Å². The highest BCUT2D eigenvalue weighted by molar-refractivity contribution is 6.08. The van der Waals surface area contributed by atoms with Crippen molar-refractivity contribution in [2.24, 2.45) is 0 Å². The van der Waals surface area contributed by atoms with Crippen molar-refractivity contribution < 1.29 is 14.3 Å². The number of fused-ring (bicyclic) bond motifs is 1. The van der Waals surface area contributed by atoms with E-state index in [0.717, 1.165) is 29.8 Å². The first-order valence-electron chi connectivity index (χ1n) is 10.6. The highest BCUT2D eigenvalue weighted by atomic mass is 16.5. The molecule has 3 aromatic carbocycles. The number of ether oxygens (including phenoxy) is 1. The molecular weight excluding hydrogens is 388 g/mol. The molecule has 1 N–H and O–H groups in total. The number of benzene rings is 3. The van der Waals surface area contributed by atoms with E-state index in [0.29, 0.717) is 23.4 Å². The summed E-state index contributed by atoms with van der Waals surface area (Å²) in [6, 6.07) is 22.2. The van der Waals surface area contributed by atoms with Crippen LogP contribution in [0, 0.1) is 0 Å². The number of carbonyl (C=O) groups excluding carboxylic acids is 2. The molecule has 3 aromatic rings. The Labute approximate surface area is 182 Å². The monoisotopic (exact) mass is 414 g/mol. The fourth-order valence-corrected chi connectivity index (χ4v) is 3.76. The van der Waals surface area contributed by atoms with Crippen LogP contribution in [0.4, 0.5) is 11.4 Å². The van der Waals surface area contributed by atoms with Crippen molar-refractivity contribution in [2.45, 2.75) is 32.8 Å². The molecule has 1 aliphatic rings. The third-order valence-electron chi connectivity index (χ3n) is 5.22. The van der Waals surface area contributed by atoms with E-state index in [1.165, 1.54) is 0 Å². The van der Waals surface area contributed by atoms with Gasteiger partial charge in [-0.25, -0.2) is 0 Å². The molecule has 5 heteroatoms. The summed E-state index contributed by atoms with van der Waals surface area (Å²) in [4.78, 5) is 27.6. The van der Waals surface area contributed by atoms with Gasteiger partial charge in [-0.2, -0.15) is 0 Å². The first-order valence-corrected chi connectivity index (χ1v) is 10.6. The van der Waals surface area contributed by atoms with E-state index in [-0.39, 0.29) is 17.9 Å². The van der Waals surface area contributed by atoms with Crippen molar-refractivity contribution in [2.75, 3.05) is 16.8 Å². The van der Waals surface area contributed by atoms with Crippen LogP contribution in [0.5, 0.6) is 5.75 Å². The summed E-state index contributed by atoms with van der Waals surface area (Å²) >= 11 is 0. The molecule has 4 rings (SSSR count). The Kier molecular flexibility index (Phi) is 6.03. The van der Waals surface area contributed by atoms with Gasteiger partial charge in [0.25, 0.3) is 11.8 Å². The van der Waals surface area contributed by atoms with Crippen LogP contribution >= 0.6 is 0 Å². The molecule has 0 unspecified atom stereocenters. The molecule has 158 valence electrons. The fraction of sp³-hybridized carbons (Fsp3) is 0.231. The highest BCUT2D eigenvalue weighted by Crippen LogP contribution is 2.31. The smallest absolute Gasteiger partial charge is 0.258 e. The maximum Gasteiger partial charge on any atom is 0.258 e. The molecule has 0 fully saturated rings. The number of amides is 2. The number of aryl methyl sites for hydroxylation is 1. The molecule has 1 aliphatic heterocycles. The zero-order valence-electron chi connectivity index (χ0n) is 17.8. The summed E-state index contributed by atoms with van der Waals surface area (Å²) in [5.74, 6) is 0.508. The van der Waals surface area contributed by atoms with Crippen LogP contribution in [0.25, 0.3) is 0 Å². The second-order valence-electron chi connectivity index (χ2n) is 7.91. The zero-order chi connectivity index (χ0) is 21.8. The Morgan fingerprint density at radius 1 is 0.935 bits per heavy atom. The van der Waals surface area contributed by atoms with Gasteiger partial charge in [0.2, 0.25) is 0 Å². The van der Waals surface area contributed by atoms with Crippen molar-refractivity contribution in [3.63, 3.8) is 0 Å². The van der Waals surface area contributed by atoms with Crippen LogP contribution in [-0.2, 0) is 6.42 Å². The molecule has 2 amide bonds. The van der Waals surface area contributed by atoms with Gasteiger partial charge in [-0.1, -0.05) is 24.3 Å². The summed E-state index contributed by atoms with van der Waals surface area (Å²) < 4.78 is 5.63. The summed E-state index contributed by atoms with van der Waals surface area (Å²) in [6.07, 6.45) is 1.92. The summed E-state index contributed by atoms with van der Waals surface area (Å²) in [7, 11) is 0. The lowest BCUT2D eigenvalue weighted by molar-refractivity contribution is 0.0984. The van der Waals surface area contributed by atoms with Crippen molar-refractivity contribution in [3.8, 4) is 5.75 Å². The molecule has 0 bridgehead atoms. The molecule has 0 saturated carbocycles. The Bertz CT molecular complexity index is 1080. The Morgan fingerprint density at radius 2 is 1.68 bits per heavy atom. The summed E-state index contributed by atoms with van der Waals surface area (Å²) in [5.41, 5.74) is 3.85. The molecule has 0 spiro atoms. The van der Waals surface area contributed by atoms with Crippen molar-refractivity contribution in [1.29, 1.82) is 0 Å². The van der Waals surface area contributed by atoms with Crippen LogP contribution in [-0.4, -0.2) is 24.5 Å². The minimum Gasteiger partial charge on any atom is -0.491 e. The number of nitrogens with one attached hydrogen (secondary N) is 1. The Hall–Kier alpha value is -3.60. The largest absolute Gasteiger partial charge is 0.491 e. The predicted molar refractivity (Wildman–Crippen MR) is 123 cm³/mol. The molecule has 31 heavy (non-hydrogen) atoms. The van der Waals surface area contributed by atoms with Gasteiger partial charge >= 0.3 is 0 Å². The van der Waals surface area contributed by atoms with Gasteiger partial charge in [-0.3, -0.25) is 9.59 Å². The molecule has 0 saturated heterocycles. The van der Waals surface area contributed by atoms with E-state index < -0.39 is 0 Å². The number of rotatable bonds is 5. The van der Waals surface area contributed by atoms with Crippen molar-refractivity contribution >= 4 is 23.2 Å². The molecular formula is C26H26N2O3. The van der Waals surface area contributed by atoms with Crippen LogP contribution in [0.1, 0.15) is 46.5 Å². The number of nitrogens with zero attached hydrogens (tertiary/aromatic N) is 1. The fourth-order valence-electron chi connectivity index (χ4n) is 3.76. The van der Waals surface area contributed by atoms with Gasteiger partial charge in [0, 0.05) is 29.0 Å². The molecule has 0 radical (unpaired) electrons. The van der Waals surface area contributed by atoms with Gasteiger partial charge in [-0.05, 0) is 80.8 Å². The normalized spacial score (nSPS) is 12.9. The predicted octanol–water partition coefficient (Wildman–Crippen LogP) is 5.32. The molecule has 0 atom stereocenters. The van der Waals surface area contributed by atoms with E-state index in [2.05, 4.69) is 5.32 Å². The van der Waals surface area contributed by atoms with Gasteiger partial charge in [-0.15, -0.1) is 0 Å². The Morgan fingerprint density at radius 3 is 2.39 bits per heavy atom. The maximum atomic E-state index is 13.1. The quantitative estimate of drug-likeness (QED) is 0.615. The van der Waals surface area contributed by atoms with Crippen LogP contribution in [0.3, 0.4) is 0 Å². The summed E-state index contributed by atoms with van der Waals surface area (Å²) in [6.45, 7) is 4.58. The average molecular weight is 415 g/mol. The maximum absolute atomic E-state index is 13.1. The topological polar surface area (TPSA) is 58.6 Å². The van der Waals surface area contributed by atoms with Gasteiger partial charge in [0.05, 0.1) is 6.10 Å². The van der Waals surface area contributed by atoms with Gasteiger partial charge in [0.1, 0.15) is 5.75 Å². The van der Waals surface area contributed by atoms with Gasteiger partial charge < -0.3 is 15.0 Å². The highest BCUT2D eigenvalue weighted by Gasteiger charge is 2.24. The molecule has 0 aromatic heterocycles. The molecule has 5 nitrogen and oxygen atoms in total. The van der Waals surface area contributed by atoms with Crippen molar-refractivity contribution in [1.82, 2.24) is 0 Å². The minimum atomic E-state index is -0.201. The Balaban J connectivity index is 1.53. The van der Waals surface area contributed by atoms with E-state index in [9.17, 15) is 9.59 Å². The van der Waals surface area contributed by atoms with E-state index in [1.807, 2.05) is 67.3 Å². The van der Waals surface area contributed by atoms with Crippen molar-refractivity contribution in [3.05, 3.63) is 89.5 Å². The lowest BCUT2D eigenvalue weighted by atomic mass is 10.00. The number of hydrogen-bond acceptors (Lipinski definition) is 3. The summed E-state index contributed by atoms with van der Waals surface area (Å²) in [5, 5.41) is 2.95. The van der Waals surface area contributed by atoms with Gasteiger partial charge in [0.15, 0.2) is 0 Å². The molecule has 0 aliphatic carbocycles. The SMILES string of the molecule is CC(C)Oc1ccc(C(=O)Nc2ccc3c(c2)N(C(=O)c2ccccc2)CCC3)cc1. The third-order valence-corrected chi connectivity index (χ3v) is 5.22. The molecule has 1 heterocycles. The van der Waals surface area contributed by atoms with Crippen LogP contribution in [0.15, 0.2) is 72.8 Å². The third kappa shape index (κ3) is 4.77. The van der Waals surface area contributed by atoms with E-state index in [4.69, 9.17) is 4.74 Å². The first kappa shape index (κ1) is 20.7.